The fraction of sp³-hybridized carbons (Fsp3) is 0.818. The number of carbonyl (C=O) groups excluding carboxylic acids is 1. The molecule has 0 bridgehead atoms. The van der Waals surface area contributed by atoms with Gasteiger partial charge in [-0.1, -0.05) is 6.92 Å². The van der Waals surface area contributed by atoms with Crippen LogP contribution in [0.4, 0.5) is 0 Å². The molecule has 0 radical (unpaired) electrons. The molecule has 1 N–H and O–H groups in total. The van der Waals surface area contributed by atoms with Crippen LogP contribution in [0.2, 0.25) is 0 Å². The molecule has 0 aliphatic heterocycles. The van der Waals surface area contributed by atoms with Crippen LogP contribution in [-0.4, -0.2) is 60.0 Å². The van der Waals surface area contributed by atoms with Crippen molar-refractivity contribution in [2.24, 2.45) is 0 Å². The van der Waals surface area contributed by atoms with Gasteiger partial charge in [-0.05, 0) is 13.3 Å². The Hall–Kier alpha value is -1.10. The van der Waals surface area contributed by atoms with Crippen LogP contribution in [0.3, 0.4) is 0 Å². The van der Waals surface area contributed by atoms with Crippen LogP contribution in [0.1, 0.15) is 26.7 Å². The monoisotopic (exact) mass is 230 g/mol. The third kappa shape index (κ3) is 5.70. The molecule has 5 nitrogen and oxygen atoms in total. The van der Waals surface area contributed by atoms with Crippen molar-refractivity contribution in [2.75, 3.05) is 27.2 Å². The summed E-state index contributed by atoms with van der Waals surface area (Å²) in [5.41, 5.74) is 0. The Morgan fingerprint density at radius 1 is 1.31 bits per heavy atom. The van der Waals surface area contributed by atoms with Gasteiger partial charge in [0.2, 0.25) is 5.91 Å². The highest BCUT2D eigenvalue weighted by Crippen LogP contribution is 2.04. The van der Waals surface area contributed by atoms with E-state index in [0.29, 0.717) is 13.0 Å². The Kier molecular flexibility index (Phi) is 6.72. The van der Waals surface area contributed by atoms with Crippen LogP contribution in [-0.2, 0) is 9.59 Å². The molecule has 0 aromatic rings. The van der Waals surface area contributed by atoms with Crippen molar-refractivity contribution in [1.29, 1.82) is 0 Å². The van der Waals surface area contributed by atoms with Crippen molar-refractivity contribution in [3.8, 4) is 0 Å². The van der Waals surface area contributed by atoms with Gasteiger partial charge in [0, 0.05) is 33.1 Å². The minimum atomic E-state index is -0.849. The quantitative estimate of drug-likeness (QED) is 0.697. The summed E-state index contributed by atoms with van der Waals surface area (Å²) in [6.45, 7) is 4.48. The van der Waals surface area contributed by atoms with Crippen LogP contribution < -0.4 is 0 Å². The number of carboxylic acids is 1. The molecule has 0 rings (SSSR count). The average Bonchev–Trinajstić information content (AvgIpc) is 2.21. The van der Waals surface area contributed by atoms with E-state index in [1.54, 1.807) is 14.1 Å². The maximum absolute atomic E-state index is 11.4. The number of hydrogen-bond donors (Lipinski definition) is 1. The van der Waals surface area contributed by atoms with Gasteiger partial charge in [0.15, 0.2) is 0 Å². The third-order valence-corrected chi connectivity index (χ3v) is 2.66. The first-order chi connectivity index (χ1) is 7.38. The molecule has 16 heavy (non-hydrogen) atoms. The predicted molar refractivity (Wildman–Crippen MR) is 62.3 cm³/mol. The molecule has 0 aromatic carbocycles. The van der Waals surface area contributed by atoms with Crippen LogP contribution in [0.15, 0.2) is 0 Å². The van der Waals surface area contributed by atoms with E-state index in [2.05, 4.69) is 0 Å². The van der Waals surface area contributed by atoms with Crippen LogP contribution in [0, 0.1) is 0 Å². The second-order valence-electron chi connectivity index (χ2n) is 4.16. The van der Waals surface area contributed by atoms with E-state index in [9.17, 15) is 9.59 Å². The lowest BCUT2D eigenvalue weighted by atomic mass is 10.2. The van der Waals surface area contributed by atoms with Gasteiger partial charge in [0.05, 0.1) is 6.54 Å². The summed E-state index contributed by atoms with van der Waals surface area (Å²) in [6, 6.07) is 0.186. The number of hydrogen-bond acceptors (Lipinski definition) is 3. The van der Waals surface area contributed by atoms with Crippen molar-refractivity contribution in [2.45, 2.75) is 32.7 Å². The van der Waals surface area contributed by atoms with Gasteiger partial charge in [-0.2, -0.15) is 0 Å². The van der Waals surface area contributed by atoms with Gasteiger partial charge >= 0.3 is 5.97 Å². The molecule has 1 amide bonds. The van der Waals surface area contributed by atoms with E-state index in [-0.39, 0.29) is 18.5 Å². The average molecular weight is 230 g/mol. The summed E-state index contributed by atoms with van der Waals surface area (Å²) >= 11 is 0. The number of nitrogens with zero attached hydrogens (tertiary/aromatic N) is 2. The lowest BCUT2D eigenvalue weighted by Crippen LogP contribution is -2.39. The number of carboxylic acid groups (broad SMARTS) is 1. The second-order valence-corrected chi connectivity index (χ2v) is 4.16. The van der Waals surface area contributed by atoms with Crippen LogP contribution in [0.25, 0.3) is 0 Å². The number of amides is 1. The smallest absolute Gasteiger partial charge is 0.317 e. The van der Waals surface area contributed by atoms with Crippen molar-refractivity contribution in [3.63, 3.8) is 0 Å². The maximum Gasteiger partial charge on any atom is 0.317 e. The zero-order valence-corrected chi connectivity index (χ0v) is 10.6. The number of rotatable bonds is 7. The standard InChI is InChI=1S/C11H22N2O3/c1-5-9(2)13(8-11(15)16)7-6-10(14)12(3)4/h9H,5-8H2,1-4H3,(H,15,16). The molecule has 1 unspecified atom stereocenters. The SMILES string of the molecule is CCC(C)N(CCC(=O)N(C)C)CC(=O)O. The first-order valence-electron chi connectivity index (χ1n) is 5.54. The Bertz CT molecular complexity index is 241. The minimum absolute atomic E-state index is 0.00425. The fourth-order valence-corrected chi connectivity index (χ4v) is 1.35. The molecule has 0 aromatic heterocycles. The minimum Gasteiger partial charge on any atom is -0.480 e. The Labute approximate surface area is 97.0 Å². The molecular weight excluding hydrogens is 208 g/mol. The fourth-order valence-electron chi connectivity index (χ4n) is 1.35. The Morgan fingerprint density at radius 2 is 1.88 bits per heavy atom. The maximum atomic E-state index is 11.4. The van der Waals surface area contributed by atoms with Gasteiger partial charge in [0.25, 0.3) is 0 Å². The van der Waals surface area contributed by atoms with Crippen molar-refractivity contribution < 1.29 is 14.7 Å². The van der Waals surface area contributed by atoms with Gasteiger partial charge in [-0.15, -0.1) is 0 Å². The number of aliphatic carboxylic acids is 1. The van der Waals surface area contributed by atoms with Crippen LogP contribution in [0.5, 0.6) is 0 Å². The van der Waals surface area contributed by atoms with E-state index in [4.69, 9.17) is 5.11 Å². The summed E-state index contributed by atoms with van der Waals surface area (Å²) in [7, 11) is 3.40. The summed E-state index contributed by atoms with van der Waals surface area (Å²) < 4.78 is 0. The van der Waals surface area contributed by atoms with E-state index in [0.717, 1.165) is 6.42 Å². The highest BCUT2D eigenvalue weighted by atomic mass is 16.4. The number of carbonyl (C=O) groups is 2. The molecule has 1 atom stereocenters. The lowest BCUT2D eigenvalue weighted by molar-refractivity contribution is -0.139. The summed E-state index contributed by atoms with van der Waals surface area (Å²) in [6.07, 6.45) is 1.24. The van der Waals surface area contributed by atoms with Crippen LogP contribution >= 0.6 is 0 Å². The van der Waals surface area contributed by atoms with Crippen molar-refractivity contribution >= 4 is 11.9 Å². The summed E-state index contributed by atoms with van der Waals surface area (Å²) in [5, 5.41) is 8.77. The van der Waals surface area contributed by atoms with E-state index in [1.807, 2.05) is 18.7 Å². The van der Waals surface area contributed by atoms with E-state index < -0.39 is 5.97 Å². The van der Waals surface area contributed by atoms with Gasteiger partial charge < -0.3 is 10.0 Å². The highest BCUT2D eigenvalue weighted by molar-refractivity contribution is 5.75. The molecular formula is C11H22N2O3. The first-order valence-corrected chi connectivity index (χ1v) is 5.54. The second kappa shape index (κ2) is 7.22. The van der Waals surface area contributed by atoms with Crippen molar-refractivity contribution in [1.82, 2.24) is 9.80 Å². The van der Waals surface area contributed by atoms with E-state index in [1.165, 1.54) is 4.90 Å². The summed E-state index contributed by atoms with van der Waals surface area (Å²) in [5.74, 6) is -0.823. The molecule has 5 heteroatoms. The molecule has 0 saturated heterocycles. The molecule has 0 aliphatic rings. The van der Waals surface area contributed by atoms with Crippen molar-refractivity contribution in [3.05, 3.63) is 0 Å². The lowest BCUT2D eigenvalue weighted by Gasteiger charge is -2.26. The molecule has 0 heterocycles. The molecule has 94 valence electrons. The summed E-state index contributed by atoms with van der Waals surface area (Å²) in [4.78, 5) is 25.4. The highest BCUT2D eigenvalue weighted by Gasteiger charge is 2.16. The van der Waals surface area contributed by atoms with Gasteiger partial charge in [-0.25, -0.2) is 0 Å². The molecule has 0 aliphatic carbocycles. The molecule has 0 spiro atoms. The molecule has 0 saturated carbocycles. The molecule has 0 fully saturated rings. The van der Waals surface area contributed by atoms with E-state index >= 15 is 0 Å². The topological polar surface area (TPSA) is 60.9 Å². The first kappa shape index (κ1) is 14.9. The zero-order valence-electron chi connectivity index (χ0n) is 10.6. The largest absolute Gasteiger partial charge is 0.480 e. The Morgan fingerprint density at radius 3 is 2.25 bits per heavy atom. The van der Waals surface area contributed by atoms with Gasteiger partial charge in [-0.3, -0.25) is 14.5 Å². The predicted octanol–water partition coefficient (Wildman–Crippen LogP) is 0.650. The third-order valence-electron chi connectivity index (χ3n) is 2.66. The Balaban J connectivity index is 4.21. The normalized spacial score (nSPS) is 12.6. The zero-order chi connectivity index (χ0) is 12.7. The van der Waals surface area contributed by atoms with Gasteiger partial charge in [0.1, 0.15) is 0 Å².